The SMILES string of the molecule is Cc1c(Cl)cccc1-n1c(SCC(=O)NCc2ccc3c(c2)OCO3)nnc1-c1ccncc1. The summed E-state index contributed by atoms with van der Waals surface area (Å²) in [6.45, 7) is 2.55. The first-order valence-electron chi connectivity index (χ1n) is 10.5. The van der Waals surface area contributed by atoms with Crippen LogP contribution in [0.1, 0.15) is 11.1 Å². The molecule has 0 atom stereocenters. The number of pyridine rings is 1. The van der Waals surface area contributed by atoms with Crippen molar-refractivity contribution in [1.82, 2.24) is 25.1 Å². The minimum Gasteiger partial charge on any atom is -0.454 e. The second kappa shape index (κ2) is 9.74. The molecule has 5 rings (SSSR count). The summed E-state index contributed by atoms with van der Waals surface area (Å²) in [5.41, 5.74) is 3.54. The molecule has 0 unspecified atom stereocenters. The molecule has 2 aromatic carbocycles. The number of hydrogen-bond acceptors (Lipinski definition) is 7. The highest BCUT2D eigenvalue weighted by Gasteiger charge is 2.19. The van der Waals surface area contributed by atoms with E-state index in [4.69, 9.17) is 21.1 Å². The third-order valence-corrected chi connectivity index (χ3v) is 6.65. The fourth-order valence-electron chi connectivity index (χ4n) is 3.54. The van der Waals surface area contributed by atoms with Crippen LogP contribution in [0.3, 0.4) is 0 Å². The number of fused-ring (bicyclic) bond motifs is 1. The lowest BCUT2D eigenvalue weighted by molar-refractivity contribution is -0.118. The van der Waals surface area contributed by atoms with Gasteiger partial charge in [0.05, 0.1) is 11.4 Å². The zero-order valence-electron chi connectivity index (χ0n) is 18.2. The van der Waals surface area contributed by atoms with Gasteiger partial charge in [0.1, 0.15) is 0 Å². The van der Waals surface area contributed by atoms with Crippen LogP contribution in [0.4, 0.5) is 0 Å². The average molecular weight is 494 g/mol. The van der Waals surface area contributed by atoms with Crippen molar-refractivity contribution in [2.24, 2.45) is 0 Å². The minimum absolute atomic E-state index is 0.120. The summed E-state index contributed by atoms with van der Waals surface area (Å²) in [5, 5.41) is 12.9. The van der Waals surface area contributed by atoms with Crippen molar-refractivity contribution in [3.63, 3.8) is 0 Å². The van der Waals surface area contributed by atoms with Crippen LogP contribution in [-0.2, 0) is 11.3 Å². The third-order valence-electron chi connectivity index (χ3n) is 5.31. The summed E-state index contributed by atoms with van der Waals surface area (Å²) in [7, 11) is 0. The predicted molar refractivity (Wildman–Crippen MR) is 129 cm³/mol. The molecule has 172 valence electrons. The van der Waals surface area contributed by atoms with Crippen molar-refractivity contribution in [1.29, 1.82) is 0 Å². The number of hydrogen-bond donors (Lipinski definition) is 1. The number of halogens is 1. The maximum Gasteiger partial charge on any atom is 0.231 e. The Labute approximate surface area is 205 Å². The van der Waals surface area contributed by atoms with Gasteiger partial charge >= 0.3 is 0 Å². The van der Waals surface area contributed by atoms with Crippen molar-refractivity contribution in [3.8, 4) is 28.6 Å². The summed E-state index contributed by atoms with van der Waals surface area (Å²) in [4.78, 5) is 16.7. The van der Waals surface area contributed by atoms with Gasteiger partial charge in [-0.2, -0.15) is 0 Å². The normalized spacial score (nSPS) is 12.1. The van der Waals surface area contributed by atoms with Gasteiger partial charge in [0.2, 0.25) is 12.7 Å². The molecule has 1 aliphatic heterocycles. The van der Waals surface area contributed by atoms with Crippen LogP contribution in [0.2, 0.25) is 5.02 Å². The fraction of sp³-hybridized carbons (Fsp3) is 0.167. The number of benzene rings is 2. The monoisotopic (exact) mass is 493 g/mol. The van der Waals surface area contributed by atoms with E-state index in [1.165, 1.54) is 11.8 Å². The molecule has 10 heteroatoms. The molecule has 1 aliphatic rings. The number of nitrogens with zero attached hydrogens (tertiary/aromatic N) is 4. The molecule has 0 saturated heterocycles. The van der Waals surface area contributed by atoms with Gasteiger partial charge in [-0.25, -0.2) is 0 Å². The lowest BCUT2D eigenvalue weighted by Gasteiger charge is -2.14. The van der Waals surface area contributed by atoms with Gasteiger partial charge in [-0.3, -0.25) is 14.3 Å². The van der Waals surface area contributed by atoms with Gasteiger partial charge in [0.25, 0.3) is 0 Å². The van der Waals surface area contributed by atoms with Crippen molar-refractivity contribution < 1.29 is 14.3 Å². The standard InChI is InChI=1S/C24H20ClN5O3S/c1-15-18(25)3-2-4-19(15)30-23(17-7-9-26-10-8-17)28-29-24(30)34-13-22(31)27-12-16-5-6-20-21(11-16)33-14-32-20/h2-11H,12-14H2,1H3,(H,27,31). The van der Waals surface area contributed by atoms with Crippen molar-refractivity contribution in [2.45, 2.75) is 18.6 Å². The molecular formula is C24H20ClN5O3S. The van der Waals surface area contributed by atoms with Gasteiger partial charge < -0.3 is 14.8 Å². The first-order chi connectivity index (χ1) is 16.6. The Balaban J connectivity index is 1.34. The molecule has 1 N–H and O–H groups in total. The van der Waals surface area contributed by atoms with Gasteiger partial charge in [0.15, 0.2) is 22.5 Å². The van der Waals surface area contributed by atoms with E-state index < -0.39 is 0 Å². The highest BCUT2D eigenvalue weighted by molar-refractivity contribution is 7.99. The van der Waals surface area contributed by atoms with Crippen LogP contribution in [0.5, 0.6) is 11.5 Å². The lowest BCUT2D eigenvalue weighted by atomic mass is 10.2. The Hall–Kier alpha value is -3.56. The van der Waals surface area contributed by atoms with E-state index in [1.54, 1.807) is 12.4 Å². The summed E-state index contributed by atoms with van der Waals surface area (Å²) < 4.78 is 12.6. The van der Waals surface area contributed by atoms with E-state index in [0.717, 1.165) is 22.4 Å². The lowest BCUT2D eigenvalue weighted by Crippen LogP contribution is -2.24. The summed E-state index contributed by atoms with van der Waals surface area (Å²) in [6, 6.07) is 15.0. The molecule has 3 heterocycles. The van der Waals surface area contributed by atoms with Crippen LogP contribution in [-0.4, -0.2) is 38.2 Å². The van der Waals surface area contributed by atoms with E-state index in [1.807, 2.05) is 60.0 Å². The third kappa shape index (κ3) is 4.57. The Morgan fingerprint density at radius 1 is 1.12 bits per heavy atom. The summed E-state index contributed by atoms with van der Waals surface area (Å²) in [6.07, 6.45) is 3.41. The van der Waals surface area contributed by atoms with Crippen LogP contribution in [0.15, 0.2) is 66.1 Å². The first-order valence-corrected chi connectivity index (χ1v) is 11.9. The number of aromatic nitrogens is 4. The Morgan fingerprint density at radius 2 is 1.94 bits per heavy atom. The quantitative estimate of drug-likeness (QED) is 0.381. The van der Waals surface area contributed by atoms with Crippen LogP contribution < -0.4 is 14.8 Å². The van der Waals surface area contributed by atoms with E-state index >= 15 is 0 Å². The molecule has 1 amide bonds. The van der Waals surface area contributed by atoms with Gasteiger partial charge in [-0.1, -0.05) is 35.5 Å². The van der Waals surface area contributed by atoms with E-state index in [9.17, 15) is 4.79 Å². The minimum atomic E-state index is -0.120. The number of rotatable bonds is 7. The van der Waals surface area contributed by atoms with Crippen molar-refractivity contribution in [2.75, 3.05) is 12.5 Å². The molecule has 0 spiro atoms. The number of carbonyl (C=O) groups excluding carboxylic acids is 1. The molecule has 0 radical (unpaired) electrons. The van der Waals surface area contributed by atoms with Gasteiger partial charge in [0, 0.05) is 29.5 Å². The largest absolute Gasteiger partial charge is 0.454 e. The summed E-state index contributed by atoms with van der Waals surface area (Å²) in [5.74, 6) is 2.11. The highest BCUT2D eigenvalue weighted by Crippen LogP contribution is 2.33. The number of amides is 1. The highest BCUT2D eigenvalue weighted by atomic mass is 35.5. The van der Waals surface area contributed by atoms with Crippen molar-refractivity contribution in [3.05, 3.63) is 77.1 Å². The second-order valence-electron chi connectivity index (χ2n) is 7.51. The number of thioether (sulfide) groups is 1. The molecule has 0 saturated carbocycles. The first kappa shape index (κ1) is 22.2. The van der Waals surface area contributed by atoms with Crippen LogP contribution >= 0.6 is 23.4 Å². The van der Waals surface area contributed by atoms with Gasteiger partial charge in [-0.15, -0.1) is 10.2 Å². The molecule has 0 bridgehead atoms. The summed E-state index contributed by atoms with van der Waals surface area (Å²) >= 11 is 7.70. The number of ether oxygens (including phenoxy) is 2. The fourth-order valence-corrected chi connectivity index (χ4v) is 4.48. The second-order valence-corrected chi connectivity index (χ2v) is 8.86. The smallest absolute Gasteiger partial charge is 0.231 e. The van der Waals surface area contributed by atoms with Crippen molar-refractivity contribution >= 4 is 29.3 Å². The van der Waals surface area contributed by atoms with E-state index in [2.05, 4.69) is 20.5 Å². The topological polar surface area (TPSA) is 91.2 Å². The zero-order chi connectivity index (χ0) is 23.5. The molecule has 34 heavy (non-hydrogen) atoms. The molecule has 2 aromatic heterocycles. The molecule has 0 aliphatic carbocycles. The maximum atomic E-state index is 12.6. The zero-order valence-corrected chi connectivity index (χ0v) is 19.8. The Kier molecular flexibility index (Phi) is 6.37. The van der Waals surface area contributed by atoms with Crippen LogP contribution in [0, 0.1) is 6.92 Å². The van der Waals surface area contributed by atoms with E-state index in [0.29, 0.717) is 34.0 Å². The Morgan fingerprint density at radius 3 is 2.79 bits per heavy atom. The maximum absolute atomic E-state index is 12.6. The Bertz CT molecular complexity index is 1350. The molecule has 0 fully saturated rings. The molecule has 8 nitrogen and oxygen atoms in total. The van der Waals surface area contributed by atoms with E-state index in [-0.39, 0.29) is 18.5 Å². The molecular weight excluding hydrogens is 474 g/mol. The molecule has 4 aromatic rings. The number of nitrogens with one attached hydrogen (secondary N) is 1. The van der Waals surface area contributed by atoms with Crippen LogP contribution in [0.25, 0.3) is 17.1 Å². The van der Waals surface area contributed by atoms with Gasteiger partial charge in [-0.05, 0) is 54.4 Å². The number of carbonyl (C=O) groups is 1. The average Bonchev–Trinajstić information content (AvgIpc) is 3.50. The predicted octanol–water partition coefficient (Wildman–Crippen LogP) is 4.43.